The molecule has 0 bridgehead atoms. The topological polar surface area (TPSA) is 25.4 Å². The van der Waals surface area contributed by atoms with Gasteiger partial charge in [-0.05, 0) is 36.8 Å². The molecule has 0 saturated carbocycles. The van der Waals surface area contributed by atoms with E-state index in [1.54, 1.807) is 31.5 Å². The molecule has 3 rings (SSSR count). The van der Waals surface area contributed by atoms with Crippen molar-refractivity contribution >= 4 is 0 Å². The van der Waals surface area contributed by atoms with Crippen LogP contribution in [0.3, 0.4) is 0 Å². The normalized spacial score (nSPS) is 22.0. The molecule has 5 heteroatoms. The molecule has 122 valence electrons. The highest BCUT2D eigenvalue weighted by Gasteiger charge is 2.51. The lowest BCUT2D eigenvalue weighted by molar-refractivity contribution is -0.0425. The maximum Gasteiger partial charge on any atom is 0.270 e. The minimum atomic E-state index is -2.77. The molecule has 1 aliphatic rings. The highest BCUT2D eigenvalue weighted by Crippen LogP contribution is 2.47. The van der Waals surface area contributed by atoms with E-state index in [1.165, 1.54) is 0 Å². The van der Waals surface area contributed by atoms with Gasteiger partial charge in [-0.3, -0.25) is 9.88 Å². The molecule has 23 heavy (non-hydrogen) atoms. The number of nitrogens with zero attached hydrogens (tertiary/aromatic N) is 2. The van der Waals surface area contributed by atoms with Crippen molar-refractivity contribution in [3.63, 3.8) is 0 Å². The third-order valence-corrected chi connectivity index (χ3v) is 4.50. The quantitative estimate of drug-likeness (QED) is 0.843. The van der Waals surface area contributed by atoms with Crippen molar-refractivity contribution in [1.29, 1.82) is 0 Å². The fourth-order valence-electron chi connectivity index (χ4n) is 3.20. The lowest BCUT2D eigenvalue weighted by atomic mass is 10.0. The Kier molecular flexibility index (Phi) is 4.31. The summed E-state index contributed by atoms with van der Waals surface area (Å²) in [6.45, 7) is 2.31. The molecule has 2 heterocycles. The van der Waals surface area contributed by atoms with Gasteiger partial charge in [0.25, 0.3) is 5.92 Å². The first kappa shape index (κ1) is 15.9. The average Bonchev–Trinajstić information content (AvgIpc) is 2.90. The fourth-order valence-corrected chi connectivity index (χ4v) is 3.20. The first-order chi connectivity index (χ1) is 11.0. The van der Waals surface area contributed by atoms with Crippen molar-refractivity contribution < 1.29 is 13.5 Å². The zero-order valence-electron chi connectivity index (χ0n) is 13.2. The maximum atomic E-state index is 14.4. The van der Waals surface area contributed by atoms with E-state index >= 15 is 0 Å². The molecule has 3 nitrogen and oxygen atoms in total. The molecule has 0 spiro atoms. The van der Waals surface area contributed by atoms with E-state index < -0.39 is 12.0 Å². The zero-order valence-corrected chi connectivity index (χ0v) is 13.2. The predicted octanol–water partition coefficient (Wildman–Crippen LogP) is 4.23. The van der Waals surface area contributed by atoms with Crippen molar-refractivity contribution in [3.8, 4) is 5.75 Å². The van der Waals surface area contributed by atoms with E-state index in [0.717, 1.165) is 11.3 Å². The number of rotatable bonds is 4. The molecule has 0 N–H and O–H groups in total. The standard InChI is InChI=1S/C18H20F2N2O/c1-13(14-6-8-15(23-2)9-7-14)22-12-10-18(19,20)17(22)16-5-3-4-11-21-16/h3-9,11,13,17H,10,12H2,1-2H3/t13-,17+/m0/s1. The summed E-state index contributed by atoms with van der Waals surface area (Å²) in [5.41, 5.74) is 1.42. The van der Waals surface area contributed by atoms with Crippen LogP contribution in [0.2, 0.25) is 0 Å². The second-order valence-corrected chi connectivity index (χ2v) is 5.86. The summed E-state index contributed by atoms with van der Waals surface area (Å²) in [5.74, 6) is -2.01. The van der Waals surface area contributed by atoms with Crippen LogP contribution < -0.4 is 4.74 Å². The van der Waals surface area contributed by atoms with Gasteiger partial charge in [-0.25, -0.2) is 8.78 Å². The maximum absolute atomic E-state index is 14.4. The van der Waals surface area contributed by atoms with Crippen molar-refractivity contribution in [1.82, 2.24) is 9.88 Å². The Hall–Kier alpha value is -2.01. The molecule has 2 atom stereocenters. The number of benzene rings is 1. The van der Waals surface area contributed by atoms with E-state index in [9.17, 15) is 8.78 Å². The smallest absolute Gasteiger partial charge is 0.270 e. The zero-order chi connectivity index (χ0) is 16.4. The van der Waals surface area contributed by atoms with Gasteiger partial charge in [-0.15, -0.1) is 0 Å². The fraction of sp³-hybridized carbons (Fsp3) is 0.389. The third-order valence-electron chi connectivity index (χ3n) is 4.50. The van der Waals surface area contributed by atoms with Crippen LogP contribution in [0.5, 0.6) is 5.75 Å². The Morgan fingerprint density at radius 3 is 2.57 bits per heavy atom. The van der Waals surface area contributed by atoms with E-state index in [-0.39, 0.29) is 12.5 Å². The van der Waals surface area contributed by atoms with Crippen LogP contribution >= 0.6 is 0 Å². The number of ether oxygens (including phenoxy) is 1. The predicted molar refractivity (Wildman–Crippen MR) is 84.7 cm³/mol. The summed E-state index contributed by atoms with van der Waals surface area (Å²) in [6, 6.07) is 11.6. The van der Waals surface area contributed by atoms with E-state index in [2.05, 4.69) is 4.98 Å². The highest BCUT2D eigenvalue weighted by atomic mass is 19.3. The van der Waals surface area contributed by atoms with Crippen molar-refractivity contribution in [3.05, 3.63) is 59.9 Å². The van der Waals surface area contributed by atoms with Gasteiger partial charge in [0.2, 0.25) is 0 Å². The van der Waals surface area contributed by atoms with Crippen LogP contribution in [-0.2, 0) is 0 Å². The molecule has 0 amide bonds. The van der Waals surface area contributed by atoms with Gasteiger partial charge >= 0.3 is 0 Å². The number of hydrogen-bond donors (Lipinski definition) is 0. The van der Waals surface area contributed by atoms with Gasteiger partial charge < -0.3 is 4.74 Å². The molecule has 1 saturated heterocycles. The van der Waals surface area contributed by atoms with E-state index in [1.807, 2.05) is 36.1 Å². The number of pyridine rings is 1. The molecule has 1 fully saturated rings. The van der Waals surface area contributed by atoms with Crippen LogP contribution in [0.15, 0.2) is 48.7 Å². The Bertz CT molecular complexity index is 646. The second kappa shape index (κ2) is 6.24. The molecule has 0 radical (unpaired) electrons. The molecular weight excluding hydrogens is 298 g/mol. The van der Waals surface area contributed by atoms with Gasteiger partial charge in [-0.1, -0.05) is 18.2 Å². The Labute approximate surface area is 134 Å². The number of aromatic nitrogens is 1. The Morgan fingerprint density at radius 2 is 1.96 bits per heavy atom. The number of methoxy groups -OCH3 is 1. The minimum absolute atomic E-state index is 0.124. The number of hydrogen-bond acceptors (Lipinski definition) is 3. The van der Waals surface area contributed by atoms with Crippen LogP contribution in [0, 0.1) is 0 Å². The van der Waals surface area contributed by atoms with Crippen LogP contribution in [0.1, 0.15) is 36.7 Å². The number of halogens is 2. The van der Waals surface area contributed by atoms with Gasteiger partial charge in [0.15, 0.2) is 0 Å². The van der Waals surface area contributed by atoms with Gasteiger partial charge in [0.1, 0.15) is 11.8 Å². The summed E-state index contributed by atoms with van der Waals surface area (Å²) in [6.07, 6.45) is 1.43. The SMILES string of the molecule is COc1ccc([C@H](C)N2CCC(F)(F)[C@H]2c2ccccn2)cc1. The molecular formula is C18H20F2N2O. The average molecular weight is 318 g/mol. The number of alkyl halides is 2. The van der Waals surface area contributed by atoms with E-state index in [0.29, 0.717) is 12.2 Å². The van der Waals surface area contributed by atoms with Gasteiger partial charge in [0.05, 0.1) is 12.8 Å². The first-order valence-corrected chi connectivity index (χ1v) is 7.71. The monoisotopic (exact) mass is 318 g/mol. The molecule has 0 aliphatic carbocycles. The summed E-state index contributed by atoms with van der Waals surface area (Å²) in [5, 5.41) is 0. The summed E-state index contributed by atoms with van der Waals surface area (Å²) < 4.78 is 34.0. The first-order valence-electron chi connectivity index (χ1n) is 7.71. The van der Waals surface area contributed by atoms with Crippen LogP contribution in [-0.4, -0.2) is 29.5 Å². The Balaban J connectivity index is 1.90. The summed E-state index contributed by atoms with van der Waals surface area (Å²) >= 11 is 0. The van der Waals surface area contributed by atoms with E-state index in [4.69, 9.17) is 4.74 Å². The minimum Gasteiger partial charge on any atom is -0.497 e. The number of likely N-dealkylation sites (tertiary alicyclic amines) is 1. The summed E-state index contributed by atoms with van der Waals surface area (Å²) in [4.78, 5) is 6.01. The second-order valence-electron chi connectivity index (χ2n) is 5.86. The largest absolute Gasteiger partial charge is 0.497 e. The van der Waals surface area contributed by atoms with Gasteiger partial charge in [0, 0.05) is 25.2 Å². The summed E-state index contributed by atoms with van der Waals surface area (Å²) in [7, 11) is 1.61. The molecule has 1 aromatic heterocycles. The highest BCUT2D eigenvalue weighted by molar-refractivity contribution is 5.29. The third kappa shape index (κ3) is 3.06. The lowest BCUT2D eigenvalue weighted by Gasteiger charge is -2.32. The molecule has 2 aromatic rings. The van der Waals surface area contributed by atoms with Crippen LogP contribution in [0.4, 0.5) is 8.78 Å². The molecule has 0 unspecified atom stereocenters. The molecule has 1 aromatic carbocycles. The lowest BCUT2D eigenvalue weighted by Crippen LogP contribution is -2.33. The Morgan fingerprint density at radius 1 is 1.22 bits per heavy atom. The molecule has 1 aliphatic heterocycles. The van der Waals surface area contributed by atoms with Crippen molar-refractivity contribution in [2.75, 3.05) is 13.7 Å². The van der Waals surface area contributed by atoms with Crippen molar-refractivity contribution in [2.45, 2.75) is 31.4 Å². The van der Waals surface area contributed by atoms with Crippen LogP contribution in [0.25, 0.3) is 0 Å². The van der Waals surface area contributed by atoms with Gasteiger partial charge in [-0.2, -0.15) is 0 Å². The van der Waals surface area contributed by atoms with Crippen molar-refractivity contribution in [2.24, 2.45) is 0 Å².